The van der Waals surface area contributed by atoms with Crippen LogP contribution in [0.3, 0.4) is 0 Å². The maximum Gasteiger partial charge on any atom is 0.256 e. The van der Waals surface area contributed by atoms with E-state index >= 15 is 0 Å². The summed E-state index contributed by atoms with van der Waals surface area (Å²) in [5, 5.41) is 14.8. The van der Waals surface area contributed by atoms with Gasteiger partial charge in [0.2, 0.25) is 6.79 Å². The molecule has 2 N–H and O–H groups in total. The highest BCUT2D eigenvalue weighted by Gasteiger charge is 2.24. The van der Waals surface area contributed by atoms with Gasteiger partial charge in [-0.05, 0) is 44.0 Å². The van der Waals surface area contributed by atoms with Crippen molar-refractivity contribution in [2.24, 2.45) is 0 Å². The van der Waals surface area contributed by atoms with Gasteiger partial charge in [0, 0.05) is 37.0 Å². The first-order valence-electron chi connectivity index (χ1n) is 10.1. The molecule has 1 fully saturated rings. The van der Waals surface area contributed by atoms with Gasteiger partial charge in [0.05, 0.1) is 17.9 Å². The highest BCUT2D eigenvalue weighted by atomic mass is 16.7. The van der Waals surface area contributed by atoms with E-state index in [-0.39, 0.29) is 18.7 Å². The second-order valence-electron chi connectivity index (χ2n) is 7.73. The molecule has 2 aromatic heterocycles. The molecule has 1 aromatic carbocycles. The van der Waals surface area contributed by atoms with E-state index in [1.54, 1.807) is 24.4 Å². The first kappa shape index (κ1) is 18.7. The second kappa shape index (κ2) is 7.83. The Morgan fingerprint density at radius 3 is 2.83 bits per heavy atom. The molecule has 2 aliphatic heterocycles. The number of likely N-dealkylation sites (tertiary alicyclic amines) is 1. The number of carbonyl (C=O) groups is 1. The van der Waals surface area contributed by atoms with Crippen molar-refractivity contribution in [3.8, 4) is 11.5 Å². The summed E-state index contributed by atoms with van der Waals surface area (Å²) in [6.45, 7) is 4.98. The summed E-state index contributed by atoms with van der Waals surface area (Å²) < 4.78 is 12.6. The summed E-state index contributed by atoms with van der Waals surface area (Å²) in [5.74, 6) is 1.77. The highest BCUT2D eigenvalue weighted by molar-refractivity contribution is 6.04. The van der Waals surface area contributed by atoms with Crippen LogP contribution in [0.15, 0.2) is 36.5 Å². The lowest BCUT2D eigenvalue weighted by atomic mass is 10.0. The third kappa shape index (κ3) is 3.76. The van der Waals surface area contributed by atoms with Gasteiger partial charge in [0.25, 0.3) is 5.91 Å². The molecule has 0 atom stereocenters. The Kier molecular flexibility index (Phi) is 4.88. The van der Waals surface area contributed by atoms with Crippen LogP contribution in [0.5, 0.6) is 11.5 Å². The number of ether oxygens (including phenoxy) is 2. The molecule has 1 saturated heterocycles. The predicted octanol–water partition coefficient (Wildman–Crippen LogP) is 2.73. The normalized spacial score (nSPS) is 16.7. The number of nitrogens with zero attached hydrogens (tertiary/aromatic N) is 4. The number of fused-ring (bicyclic) bond motifs is 1. The fraction of sp³-hybridized carbons (Fsp3) is 0.381. The molecular formula is C21H24N6O3. The van der Waals surface area contributed by atoms with Gasteiger partial charge in [-0.2, -0.15) is 10.2 Å². The molecule has 0 unspecified atom stereocenters. The zero-order valence-electron chi connectivity index (χ0n) is 16.8. The Morgan fingerprint density at radius 2 is 2.03 bits per heavy atom. The zero-order chi connectivity index (χ0) is 20.5. The molecule has 0 radical (unpaired) electrons. The fourth-order valence-corrected chi connectivity index (χ4v) is 4.04. The van der Waals surface area contributed by atoms with Crippen LogP contribution in [0.1, 0.15) is 40.6 Å². The number of amides is 1. The molecule has 0 bridgehead atoms. The molecule has 9 nitrogen and oxygen atoms in total. The van der Waals surface area contributed by atoms with E-state index in [1.807, 2.05) is 17.7 Å². The number of H-pyrrole nitrogens is 1. The lowest BCUT2D eigenvalue weighted by Crippen LogP contribution is -2.35. The van der Waals surface area contributed by atoms with Gasteiger partial charge in [0.1, 0.15) is 5.82 Å². The number of nitrogens with one attached hydrogen (secondary N) is 2. The number of carbonyl (C=O) groups excluding carboxylic acids is 1. The van der Waals surface area contributed by atoms with Crippen LogP contribution >= 0.6 is 0 Å². The molecule has 0 saturated carbocycles. The zero-order valence-corrected chi connectivity index (χ0v) is 16.8. The summed E-state index contributed by atoms with van der Waals surface area (Å²) in [5.41, 5.74) is 2.68. The Morgan fingerprint density at radius 1 is 1.20 bits per heavy atom. The first-order valence-corrected chi connectivity index (χ1v) is 10.1. The van der Waals surface area contributed by atoms with E-state index in [0.29, 0.717) is 22.9 Å². The van der Waals surface area contributed by atoms with Crippen molar-refractivity contribution in [3.05, 3.63) is 53.5 Å². The van der Waals surface area contributed by atoms with Crippen molar-refractivity contribution >= 4 is 11.7 Å². The maximum absolute atomic E-state index is 12.7. The van der Waals surface area contributed by atoms with Crippen LogP contribution < -0.4 is 14.8 Å². The minimum absolute atomic E-state index is 0.186. The number of anilines is 1. The van der Waals surface area contributed by atoms with Gasteiger partial charge in [-0.25, -0.2) is 4.68 Å². The molecule has 30 heavy (non-hydrogen) atoms. The number of benzene rings is 1. The van der Waals surface area contributed by atoms with Crippen LogP contribution in [0, 0.1) is 6.92 Å². The average Bonchev–Trinajstić information content (AvgIpc) is 3.49. The van der Waals surface area contributed by atoms with E-state index < -0.39 is 0 Å². The monoisotopic (exact) mass is 408 g/mol. The first-order chi connectivity index (χ1) is 14.7. The minimum Gasteiger partial charge on any atom is -0.454 e. The van der Waals surface area contributed by atoms with Crippen molar-refractivity contribution in [3.63, 3.8) is 0 Å². The van der Waals surface area contributed by atoms with E-state index in [4.69, 9.17) is 9.47 Å². The van der Waals surface area contributed by atoms with Gasteiger partial charge >= 0.3 is 0 Å². The van der Waals surface area contributed by atoms with Crippen LogP contribution in [0.4, 0.5) is 5.82 Å². The number of hydrogen-bond acceptors (Lipinski definition) is 6. The number of aromatic amines is 1. The third-order valence-electron chi connectivity index (χ3n) is 5.59. The largest absolute Gasteiger partial charge is 0.454 e. The van der Waals surface area contributed by atoms with Gasteiger partial charge < -0.3 is 14.8 Å². The lowest BCUT2D eigenvalue weighted by molar-refractivity contribution is 0.102. The molecule has 9 heteroatoms. The summed E-state index contributed by atoms with van der Waals surface area (Å²) in [4.78, 5) is 15.1. The average molecular weight is 408 g/mol. The van der Waals surface area contributed by atoms with Gasteiger partial charge in [0.15, 0.2) is 11.5 Å². The lowest BCUT2D eigenvalue weighted by Gasteiger charge is -2.32. The van der Waals surface area contributed by atoms with Crippen molar-refractivity contribution < 1.29 is 14.3 Å². The topological polar surface area (TPSA) is 97.3 Å². The Hall–Kier alpha value is -3.33. The van der Waals surface area contributed by atoms with E-state index in [1.165, 1.54) is 0 Å². The van der Waals surface area contributed by atoms with Gasteiger partial charge in [-0.1, -0.05) is 0 Å². The molecule has 1 amide bonds. The Labute approximate surface area is 174 Å². The molecule has 156 valence electrons. The van der Waals surface area contributed by atoms with E-state index in [2.05, 4.69) is 31.6 Å². The van der Waals surface area contributed by atoms with Crippen molar-refractivity contribution in [1.82, 2.24) is 24.9 Å². The minimum atomic E-state index is -0.193. The van der Waals surface area contributed by atoms with E-state index in [9.17, 15) is 4.79 Å². The van der Waals surface area contributed by atoms with Crippen LogP contribution in [0.25, 0.3) is 0 Å². The molecule has 5 rings (SSSR count). The standard InChI is InChI=1S/C21H24N6O3/c1-14-10-16(25-24-14)12-26-8-5-17(6-9-26)27-20(4-7-22-27)23-21(28)15-2-3-18-19(11-15)30-13-29-18/h2-4,7,10-11,17H,5-6,8-9,12-13H2,1H3,(H,23,28)(H,24,25). The SMILES string of the molecule is Cc1cc(CN2CCC(n3nccc3NC(=O)c3ccc4c(c3)OCO4)CC2)n[nH]1. The Bertz CT molecular complexity index is 1050. The number of aromatic nitrogens is 4. The van der Waals surface area contributed by atoms with Crippen LogP contribution in [0.2, 0.25) is 0 Å². The van der Waals surface area contributed by atoms with Crippen LogP contribution in [-0.4, -0.2) is 50.7 Å². The van der Waals surface area contributed by atoms with E-state index in [0.717, 1.165) is 43.9 Å². The summed E-state index contributed by atoms with van der Waals surface area (Å²) in [6.07, 6.45) is 3.67. The number of aryl methyl sites for hydroxylation is 1. The summed E-state index contributed by atoms with van der Waals surface area (Å²) in [7, 11) is 0. The van der Waals surface area contributed by atoms with Crippen molar-refractivity contribution in [2.45, 2.75) is 32.4 Å². The summed E-state index contributed by atoms with van der Waals surface area (Å²) in [6, 6.07) is 9.37. The van der Waals surface area contributed by atoms with Crippen LogP contribution in [-0.2, 0) is 6.54 Å². The molecule has 2 aliphatic rings. The van der Waals surface area contributed by atoms with Crippen molar-refractivity contribution in [2.75, 3.05) is 25.2 Å². The number of piperidine rings is 1. The smallest absolute Gasteiger partial charge is 0.256 e. The quantitative estimate of drug-likeness (QED) is 0.674. The Balaban J connectivity index is 1.21. The van der Waals surface area contributed by atoms with Crippen molar-refractivity contribution in [1.29, 1.82) is 0 Å². The number of hydrogen-bond donors (Lipinski definition) is 2. The van der Waals surface area contributed by atoms with Gasteiger partial charge in [-0.15, -0.1) is 0 Å². The fourth-order valence-electron chi connectivity index (χ4n) is 4.04. The highest BCUT2D eigenvalue weighted by Crippen LogP contribution is 2.33. The van der Waals surface area contributed by atoms with Gasteiger partial charge in [-0.3, -0.25) is 14.8 Å². The third-order valence-corrected chi connectivity index (χ3v) is 5.59. The second-order valence-corrected chi connectivity index (χ2v) is 7.73. The molecule has 0 spiro atoms. The molecule has 0 aliphatic carbocycles. The number of rotatable bonds is 5. The molecule has 4 heterocycles. The molecular weight excluding hydrogens is 384 g/mol. The summed E-state index contributed by atoms with van der Waals surface area (Å²) >= 11 is 0. The maximum atomic E-state index is 12.7. The molecule has 3 aromatic rings. The predicted molar refractivity (Wildman–Crippen MR) is 110 cm³/mol.